The molecule has 2 aliphatic heterocycles. The van der Waals surface area contributed by atoms with E-state index in [9.17, 15) is 0 Å². The van der Waals surface area contributed by atoms with Crippen molar-refractivity contribution in [1.29, 1.82) is 0 Å². The van der Waals surface area contributed by atoms with Crippen LogP contribution in [0.4, 0.5) is 0 Å². The Bertz CT molecular complexity index is 328. The van der Waals surface area contributed by atoms with Gasteiger partial charge in [0.15, 0.2) is 0 Å². The Morgan fingerprint density at radius 1 is 1.16 bits per heavy atom. The van der Waals surface area contributed by atoms with Crippen molar-refractivity contribution in [3.8, 4) is 0 Å². The highest BCUT2D eigenvalue weighted by Crippen LogP contribution is 2.42. The normalized spacial score (nSPS) is 29.0. The summed E-state index contributed by atoms with van der Waals surface area (Å²) in [4.78, 5) is 2.78. The van der Waals surface area contributed by atoms with Gasteiger partial charge in [0, 0.05) is 12.0 Å². The second kappa shape index (κ2) is 5.84. The molecular formula is C16H28N2O. The van der Waals surface area contributed by atoms with Crippen LogP contribution in [0, 0.1) is 0 Å². The fourth-order valence-electron chi connectivity index (χ4n) is 4.43. The van der Waals surface area contributed by atoms with Crippen molar-refractivity contribution in [1.82, 2.24) is 10.2 Å². The molecule has 2 heterocycles. The number of piperidine rings is 1. The largest absolute Gasteiger partial charge is 0.496 e. The molecular weight excluding hydrogens is 236 g/mol. The van der Waals surface area contributed by atoms with Crippen molar-refractivity contribution >= 4 is 0 Å². The smallest absolute Gasteiger partial charge is 0.111 e. The van der Waals surface area contributed by atoms with Crippen LogP contribution >= 0.6 is 0 Å². The molecule has 0 amide bonds. The minimum absolute atomic E-state index is 0.325. The SMILES string of the molecule is CNC(C1=CCCO1)C1(N2CCCCC2)CCCC1. The van der Waals surface area contributed by atoms with E-state index in [4.69, 9.17) is 4.74 Å². The number of nitrogens with one attached hydrogen (secondary N) is 1. The number of hydrogen-bond acceptors (Lipinski definition) is 3. The average Bonchev–Trinajstić information content (AvgIpc) is 3.13. The van der Waals surface area contributed by atoms with Crippen LogP contribution in [-0.2, 0) is 4.74 Å². The molecule has 3 heteroatoms. The van der Waals surface area contributed by atoms with E-state index in [0.717, 1.165) is 13.0 Å². The summed E-state index contributed by atoms with van der Waals surface area (Å²) < 4.78 is 5.91. The second-order valence-corrected chi connectivity index (χ2v) is 6.32. The summed E-state index contributed by atoms with van der Waals surface area (Å²) in [6.45, 7) is 3.44. The molecule has 1 saturated heterocycles. The van der Waals surface area contributed by atoms with Gasteiger partial charge in [-0.1, -0.05) is 19.3 Å². The summed E-state index contributed by atoms with van der Waals surface area (Å²) >= 11 is 0. The molecule has 1 atom stereocenters. The second-order valence-electron chi connectivity index (χ2n) is 6.32. The summed E-state index contributed by atoms with van der Waals surface area (Å²) in [5, 5.41) is 3.59. The first-order chi connectivity index (χ1) is 9.37. The Morgan fingerprint density at radius 3 is 2.47 bits per heavy atom. The third kappa shape index (κ3) is 2.43. The third-order valence-corrected chi connectivity index (χ3v) is 5.30. The molecule has 1 saturated carbocycles. The van der Waals surface area contributed by atoms with E-state index in [-0.39, 0.29) is 0 Å². The fraction of sp³-hybridized carbons (Fsp3) is 0.875. The zero-order valence-corrected chi connectivity index (χ0v) is 12.3. The lowest BCUT2D eigenvalue weighted by molar-refractivity contribution is 0.0318. The summed E-state index contributed by atoms with van der Waals surface area (Å²) in [6, 6.07) is 0.399. The van der Waals surface area contributed by atoms with Crippen molar-refractivity contribution in [3.63, 3.8) is 0 Å². The van der Waals surface area contributed by atoms with Crippen LogP contribution in [0.15, 0.2) is 11.8 Å². The van der Waals surface area contributed by atoms with Crippen molar-refractivity contribution in [2.75, 3.05) is 26.7 Å². The molecule has 1 N–H and O–H groups in total. The van der Waals surface area contributed by atoms with E-state index >= 15 is 0 Å². The molecule has 108 valence electrons. The van der Waals surface area contributed by atoms with E-state index in [1.807, 2.05) is 0 Å². The van der Waals surface area contributed by atoms with Crippen LogP contribution in [0.25, 0.3) is 0 Å². The molecule has 0 radical (unpaired) electrons. The molecule has 0 aromatic rings. The molecule has 0 aromatic carbocycles. The quantitative estimate of drug-likeness (QED) is 0.845. The lowest BCUT2D eigenvalue weighted by Gasteiger charge is -2.48. The number of likely N-dealkylation sites (N-methyl/N-ethyl adjacent to an activating group) is 1. The predicted molar refractivity (Wildman–Crippen MR) is 78.1 cm³/mol. The van der Waals surface area contributed by atoms with Gasteiger partial charge in [0.25, 0.3) is 0 Å². The molecule has 3 rings (SSSR count). The number of rotatable bonds is 4. The first-order valence-electron chi connectivity index (χ1n) is 8.12. The minimum Gasteiger partial charge on any atom is -0.496 e. The van der Waals surface area contributed by atoms with Crippen LogP contribution in [0.3, 0.4) is 0 Å². The molecule has 0 bridgehead atoms. The maximum atomic E-state index is 5.91. The Hall–Kier alpha value is -0.540. The molecule has 3 aliphatic rings. The predicted octanol–water partition coefficient (Wildman–Crippen LogP) is 2.68. The highest BCUT2D eigenvalue weighted by molar-refractivity contribution is 5.18. The van der Waals surface area contributed by atoms with Gasteiger partial charge in [-0.15, -0.1) is 0 Å². The van der Waals surface area contributed by atoms with E-state index < -0.39 is 0 Å². The lowest BCUT2D eigenvalue weighted by atomic mass is 9.83. The zero-order chi connectivity index (χ0) is 13.1. The van der Waals surface area contributed by atoms with Gasteiger partial charge in [0.05, 0.1) is 12.6 Å². The first kappa shape index (κ1) is 13.4. The number of hydrogen-bond donors (Lipinski definition) is 1. The van der Waals surface area contributed by atoms with E-state index in [0.29, 0.717) is 11.6 Å². The Labute approximate surface area is 117 Å². The van der Waals surface area contributed by atoms with E-state index in [2.05, 4.69) is 23.3 Å². The van der Waals surface area contributed by atoms with Gasteiger partial charge < -0.3 is 10.1 Å². The Kier molecular flexibility index (Phi) is 4.13. The molecule has 3 nitrogen and oxygen atoms in total. The van der Waals surface area contributed by atoms with Gasteiger partial charge in [-0.2, -0.15) is 0 Å². The summed E-state index contributed by atoms with van der Waals surface area (Å²) in [7, 11) is 2.11. The van der Waals surface area contributed by atoms with Gasteiger partial charge in [-0.25, -0.2) is 0 Å². The highest BCUT2D eigenvalue weighted by atomic mass is 16.5. The van der Waals surface area contributed by atoms with Gasteiger partial charge in [-0.3, -0.25) is 4.90 Å². The molecule has 1 aliphatic carbocycles. The van der Waals surface area contributed by atoms with Crippen LogP contribution < -0.4 is 5.32 Å². The van der Waals surface area contributed by atoms with Crippen molar-refractivity contribution < 1.29 is 4.74 Å². The minimum atomic E-state index is 0.325. The van der Waals surface area contributed by atoms with Crippen LogP contribution in [0.2, 0.25) is 0 Å². The fourth-order valence-corrected chi connectivity index (χ4v) is 4.43. The number of likely N-dealkylation sites (tertiary alicyclic amines) is 1. The van der Waals surface area contributed by atoms with Crippen LogP contribution in [0.1, 0.15) is 51.4 Å². The average molecular weight is 264 g/mol. The standard InChI is InChI=1S/C16H28N2O/c1-17-15(14-8-7-13-19-14)16(9-3-4-10-16)18-11-5-2-6-12-18/h8,15,17H,2-7,9-13H2,1H3. The molecule has 1 unspecified atom stereocenters. The first-order valence-corrected chi connectivity index (χ1v) is 8.12. The van der Waals surface area contributed by atoms with Crippen molar-refractivity contribution in [2.24, 2.45) is 0 Å². The Morgan fingerprint density at radius 2 is 1.89 bits per heavy atom. The highest BCUT2D eigenvalue weighted by Gasteiger charge is 2.47. The molecule has 0 aromatic heterocycles. The van der Waals surface area contributed by atoms with E-state index in [1.165, 1.54) is 63.8 Å². The third-order valence-electron chi connectivity index (χ3n) is 5.30. The van der Waals surface area contributed by atoms with Crippen LogP contribution in [0.5, 0.6) is 0 Å². The summed E-state index contributed by atoms with van der Waals surface area (Å²) in [5.74, 6) is 1.22. The maximum absolute atomic E-state index is 5.91. The Balaban J connectivity index is 1.85. The summed E-state index contributed by atoms with van der Waals surface area (Å²) in [5.41, 5.74) is 0.325. The number of nitrogens with zero attached hydrogens (tertiary/aromatic N) is 1. The number of ether oxygens (including phenoxy) is 1. The lowest BCUT2D eigenvalue weighted by Crippen LogP contribution is -2.61. The van der Waals surface area contributed by atoms with Crippen molar-refractivity contribution in [2.45, 2.75) is 62.9 Å². The van der Waals surface area contributed by atoms with Gasteiger partial charge >= 0.3 is 0 Å². The molecule has 2 fully saturated rings. The van der Waals surface area contributed by atoms with Crippen LogP contribution in [-0.4, -0.2) is 43.2 Å². The van der Waals surface area contributed by atoms with Gasteiger partial charge in [-0.05, 0) is 51.9 Å². The molecule has 19 heavy (non-hydrogen) atoms. The molecule has 0 spiro atoms. The summed E-state index contributed by atoms with van der Waals surface area (Å²) in [6.07, 6.45) is 13.0. The van der Waals surface area contributed by atoms with Gasteiger partial charge in [0.2, 0.25) is 0 Å². The zero-order valence-electron chi connectivity index (χ0n) is 12.3. The van der Waals surface area contributed by atoms with Crippen molar-refractivity contribution in [3.05, 3.63) is 11.8 Å². The van der Waals surface area contributed by atoms with Gasteiger partial charge in [0.1, 0.15) is 5.76 Å². The van der Waals surface area contributed by atoms with E-state index in [1.54, 1.807) is 0 Å². The monoisotopic (exact) mass is 264 g/mol. The maximum Gasteiger partial charge on any atom is 0.111 e. The topological polar surface area (TPSA) is 24.5 Å².